The first-order valence-corrected chi connectivity index (χ1v) is 12.0. The van der Waals surface area contributed by atoms with Crippen molar-refractivity contribution in [3.8, 4) is 0 Å². The van der Waals surface area contributed by atoms with Gasteiger partial charge in [-0.1, -0.05) is 77.3 Å². The molecule has 0 aliphatic carbocycles. The van der Waals surface area contributed by atoms with Crippen molar-refractivity contribution in [1.29, 1.82) is 5.41 Å². The molecular formula is C25H24Cl3NO7. The Bertz CT molecular complexity index is 1060. The van der Waals surface area contributed by atoms with Crippen molar-refractivity contribution in [2.24, 2.45) is 0 Å². The maximum atomic E-state index is 12.9. The number of hydrogen-bond acceptors (Lipinski definition) is 8. The highest BCUT2D eigenvalue weighted by atomic mass is 35.6. The lowest BCUT2D eigenvalue weighted by Crippen LogP contribution is -2.61. The summed E-state index contributed by atoms with van der Waals surface area (Å²) in [5, 5.41) is 7.98. The second-order valence-corrected chi connectivity index (χ2v) is 9.99. The maximum Gasteiger partial charge on any atom is 0.338 e. The number of carbonyl (C=O) groups is 2. The number of halogens is 3. The number of nitrogens with one attached hydrogen (secondary N) is 1. The van der Waals surface area contributed by atoms with Crippen molar-refractivity contribution in [1.82, 2.24) is 0 Å². The predicted molar refractivity (Wildman–Crippen MR) is 135 cm³/mol. The molecule has 1 fully saturated rings. The number of esters is 2. The maximum absolute atomic E-state index is 12.9. The summed E-state index contributed by atoms with van der Waals surface area (Å²) in [5.74, 6) is -2.12. The van der Waals surface area contributed by atoms with Crippen LogP contribution >= 0.6 is 34.8 Å². The molecule has 1 aliphatic heterocycles. The monoisotopic (exact) mass is 555 g/mol. The van der Waals surface area contributed by atoms with E-state index in [0.717, 1.165) is 0 Å². The standard InChI is InChI=1S/C25H24Cl3NO7/c1-3-14-32-19-18(34-21(30)16-10-6-4-7-11-16)15(2)33-23(36-24(29)25(26,27)28)20(19)35-22(31)17-12-8-5-9-13-17/h3-13,15,18-20,23,29H,1,14H2,2H3/t15-,18-,19+,20+,23-/m1/s1. The van der Waals surface area contributed by atoms with Gasteiger partial charge < -0.3 is 23.7 Å². The Morgan fingerprint density at radius 3 is 1.89 bits per heavy atom. The number of alkyl halides is 3. The number of ether oxygens (including phenoxy) is 5. The van der Waals surface area contributed by atoms with E-state index in [-0.39, 0.29) is 12.2 Å². The van der Waals surface area contributed by atoms with Gasteiger partial charge in [0.1, 0.15) is 6.10 Å². The van der Waals surface area contributed by atoms with Crippen LogP contribution in [0.2, 0.25) is 0 Å². The van der Waals surface area contributed by atoms with Crippen molar-refractivity contribution in [2.75, 3.05) is 6.61 Å². The summed E-state index contributed by atoms with van der Waals surface area (Å²) in [6.45, 7) is 5.27. The lowest BCUT2D eigenvalue weighted by atomic mass is 9.98. The minimum Gasteiger partial charge on any atom is -0.453 e. The fourth-order valence-electron chi connectivity index (χ4n) is 3.44. The van der Waals surface area contributed by atoms with Crippen LogP contribution in [-0.2, 0) is 23.7 Å². The normalized spacial score (nSPS) is 23.8. The van der Waals surface area contributed by atoms with Gasteiger partial charge in [-0.2, -0.15) is 0 Å². The summed E-state index contributed by atoms with van der Waals surface area (Å²) in [6.07, 6.45) is -4.21. The minimum atomic E-state index is -2.20. The fourth-order valence-corrected chi connectivity index (χ4v) is 3.57. The van der Waals surface area contributed by atoms with Crippen LogP contribution in [-0.4, -0.2) is 58.9 Å². The number of hydrogen-bond donors (Lipinski definition) is 1. The van der Waals surface area contributed by atoms with E-state index in [0.29, 0.717) is 5.56 Å². The summed E-state index contributed by atoms with van der Waals surface area (Å²) < 4.78 is 26.5. The molecule has 8 nitrogen and oxygen atoms in total. The largest absolute Gasteiger partial charge is 0.453 e. The van der Waals surface area contributed by atoms with Gasteiger partial charge in [0.15, 0.2) is 12.2 Å². The summed E-state index contributed by atoms with van der Waals surface area (Å²) >= 11 is 17.3. The molecule has 3 rings (SSSR count). The first-order valence-electron chi connectivity index (χ1n) is 10.8. The molecule has 192 valence electrons. The molecule has 0 amide bonds. The Labute approximate surface area is 223 Å². The number of benzene rings is 2. The Balaban J connectivity index is 1.94. The molecule has 0 aromatic heterocycles. The Kier molecular flexibility index (Phi) is 9.76. The third-order valence-corrected chi connectivity index (χ3v) is 5.65. The van der Waals surface area contributed by atoms with Crippen LogP contribution in [0.5, 0.6) is 0 Å². The third-order valence-electron chi connectivity index (χ3n) is 5.13. The van der Waals surface area contributed by atoms with Crippen LogP contribution in [0.4, 0.5) is 0 Å². The van der Waals surface area contributed by atoms with E-state index in [9.17, 15) is 9.59 Å². The zero-order valence-corrected chi connectivity index (χ0v) is 21.4. The molecule has 1 heterocycles. The minimum absolute atomic E-state index is 0.0186. The van der Waals surface area contributed by atoms with Crippen LogP contribution in [0.1, 0.15) is 27.6 Å². The van der Waals surface area contributed by atoms with Gasteiger partial charge >= 0.3 is 11.9 Å². The van der Waals surface area contributed by atoms with E-state index in [1.54, 1.807) is 67.6 Å². The lowest BCUT2D eigenvalue weighted by molar-refractivity contribution is -0.278. The van der Waals surface area contributed by atoms with E-state index in [1.165, 1.54) is 6.08 Å². The Morgan fingerprint density at radius 1 is 0.917 bits per heavy atom. The zero-order valence-electron chi connectivity index (χ0n) is 19.1. The first kappa shape index (κ1) is 28.0. The van der Waals surface area contributed by atoms with Crippen LogP contribution < -0.4 is 0 Å². The fraction of sp³-hybridized carbons (Fsp3) is 0.320. The van der Waals surface area contributed by atoms with Gasteiger partial charge in [-0.15, -0.1) is 6.58 Å². The van der Waals surface area contributed by atoms with Gasteiger partial charge in [-0.3, -0.25) is 5.41 Å². The van der Waals surface area contributed by atoms with Crippen LogP contribution in [0.15, 0.2) is 73.3 Å². The highest BCUT2D eigenvalue weighted by Gasteiger charge is 2.52. The topological polar surface area (TPSA) is 104 Å². The van der Waals surface area contributed by atoms with Crippen LogP contribution in [0.3, 0.4) is 0 Å². The van der Waals surface area contributed by atoms with E-state index in [1.807, 2.05) is 0 Å². The van der Waals surface area contributed by atoms with E-state index < -0.39 is 52.3 Å². The highest BCUT2D eigenvalue weighted by Crippen LogP contribution is 2.34. The smallest absolute Gasteiger partial charge is 0.338 e. The summed E-state index contributed by atoms with van der Waals surface area (Å²) in [4.78, 5) is 25.8. The van der Waals surface area contributed by atoms with Gasteiger partial charge in [0, 0.05) is 0 Å². The molecule has 36 heavy (non-hydrogen) atoms. The predicted octanol–water partition coefficient (Wildman–Crippen LogP) is 5.12. The van der Waals surface area contributed by atoms with Crippen molar-refractivity contribution in [3.63, 3.8) is 0 Å². The summed E-state index contributed by atoms with van der Waals surface area (Å²) in [5.41, 5.74) is 0.549. The molecule has 0 unspecified atom stereocenters. The molecule has 0 saturated carbocycles. The molecule has 0 spiro atoms. The molecule has 2 aromatic rings. The molecule has 11 heteroatoms. The molecule has 0 bridgehead atoms. The van der Waals surface area contributed by atoms with Crippen LogP contribution in [0.25, 0.3) is 0 Å². The molecule has 1 saturated heterocycles. The molecule has 0 radical (unpaired) electrons. The van der Waals surface area contributed by atoms with Gasteiger partial charge in [-0.25, -0.2) is 9.59 Å². The van der Waals surface area contributed by atoms with Crippen molar-refractivity contribution >= 4 is 52.6 Å². The molecule has 1 aliphatic rings. The quantitative estimate of drug-likeness (QED) is 0.158. The van der Waals surface area contributed by atoms with E-state index in [2.05, 4.69) is 6.58 Å². The second-order valence-electron chi connectivity index (χ2n) is 7.71. The molecule has 5 atom stereocenters. The van der Waals surface area contributed by atoms with E-state index in [4.69, 9.17) is 63.9 Å². The highest BCUT2D eigenvalue weighted by molar-refractivity contribution is 6.76. The summed E-state index contributed by atoms with van der Waals surface area (Å²) in [6, 6.07) is 16.5. The van der Waals surface area contributed by atoms with Crippen molar-refractivity contribution < 1.29 is 33.3 Å². The number of carbonyl (C=O) groups excluding carboxylic acids is 2. The average Bonchev–Trinajstić information content (AvgIpc) is 2.86. The second kappa shape index (κ2) is 12.6. The molecular weight excluding hydrogens is 533 g/mol. The van der Waals surface area contributed by atoms with Gasteiger partial charge in [0.05, 0.1) is 23.8 Å². The van der Waals surface area contributed by atoms with Gasteiger partial charge in [0.2, 0.25) is 12.2 Å². The Hall–Kier alpha value is -2.62. The third kappa shape index (κ3) is 7.21. The van der Waals surface area contributed by atoms with Crippen LogP contribution in [0, 0.1) is 5.41 Å². The first-order chi connectivity index (χ1) is 17.1. The average molecular weight is 557 g/mol. The zero-order chi connectivity index (χ0) is 26.3. The number of rotatable bonds is 8. The summed E-state index contributed by atoms with van der Waals surface area (Å²) in [7, 11) is 0. The Morgan fingerprint density at radius 2 is 1.42 bits per heavy atom. The molecule has 2 aromatic carbocycles. The van der Waals surface area contributed by atoms with Gasteiger partial charge in [0.25, 0.3) is 3.79 Å². The lowest BCUT2D eigenvalue weighted by Gasteiger charge is -2.44. The molecule has 1 N–H and O–H groups in total. The van der Waals surface area contributed by atoms with Crippen molar-refractivity contribution in [3.05, 3.63) is 84.4 Å². The van der Waals surface area contributed by atoms with Gasteiger partial charge in [-0.05, 0) is 31.2 Å². The van der Waals surface area contributed by atoms with E-state index >= 15 is 0 Å². The SMILES string of the molecule is C=CCO[C@@H]1[C@H](OC(=O)c2ccccc2)[C@@H](OC(=N)C(Cl)(Cl)Cl)O[C@H](C)[C@H]1OC(=O)c1ccccc1. The van der Waals surface area contributed by atoms with Crippen molar-refractivity contribution in [2.45, 2.75) is 41.4 Å².